The van der Waals surface area contributed by atoms with Crippen LogP contribution in [0.1, 0.15) is 5.82 Å². The predicted molar refractivity (Wildman–Crippen MR) is 74.7 cm³/mol. The van der Waals surface area contributed by atoms with Gasteiger partial charge in [-0.2, -0.15) is 39.1 Å². The fraction of sp³-hybridized carbons (Fsp3) is 0.364. The summed E-state index contributed by atoms with van der Waals surface area (Å²) in [5.41, 5.74) is -5.62. The second-order valence-electron chi connectivity index (χ2n) is 4.69. The van der Waals surface area contributed by atoms with Crippen molar-refractivity contribution in [2.45, 2.75) is 16.6 Å². The molecule has 1 aromatic heterocycles. The SMILES string of the molecule is CN(C)S(=O)(=O)n1c(C(F)(F)F)nc2cc(SC(F)(F)F)ccc21. The highest BCUT2D eigenvalue weighted by molar-refractivity contribution is 8.00. The topological polar surface area (TPSA) is 55.2 Å². The molecule has 2 aromatic rings. The van der Waals surface area contributed by atoms with Crippen molar-refractivity contribution in [1.82, 2.24) is 13.3 Å². The van der Waals surface area contributed by atoms with Crippen LogP contribution in [0.15, 0.2) is 23.1 Å². The molecule has 0 saturated carbocycles. The molecule has 0 amide bonds. The van der Waals surface area contributed by atoms with E-state index in [2.05, 4.69) is 4.98 Å². The molecule has 1 aromatic carbocycles. The first kappa shape index (κ1) is 18.9. The molecule has 13 heteroatoms. The summed E-state index contributed by atoms with van der Waals surface area (Å²) in [6.07, 6.45) is -5.11. The quantitative estimate of drug-likeness (QED) is 0.593. The Hall–Kier alpha value is -1.47. The fourth-order valence-electron chi connectivity index (χ4n) is 1.81. The maximum atomic E-state index is 13.1. The zero-order valence-corrected chi connectivity index (χ0v) is 13.6. The molecule has 0 saturated heterocycles. The average molecular weight is 393 g/mol. The van der Waals surface area contributed by atoms with Crippen molar-refractivity contribution in [1.29, 1.82) is 0 Å². The Morgan fingerprint density at radius 1 is 1.12 bits per heavy atom. The molecule has 2 rings (SSSR count). The number of hydrogen-bond acceptors (Lipinski definition) is 4. The summed E-state index contributed by atoms with van der Waals surface area (Å²) in [7, 11) is -2.54. The van der Waals surface area contributed by atoms with Crippen LogP contribution in [-0.4, -0.2) is 41.3 Å². The molecule has 24 heavy (non-hydrogen) atoms. The Labute approximate surface area is 136 Å². The lowest BCUT2D eigenvalue weighted by molar-refractivity contribution is -0.145. The van der Waals surface area contributed by atoms with Crippen LogP contribution in [0.2, 0.25) is 0 Å². The third-order valence-electron chi connectivity index (χ3n) is 2.76. The van der Waals surface area contributed by atoms with Crippen molar-refractivity contribution in [2.24, 2.45) is 0 Å². The minimum Gasteiger partial charge on any atom is -0.223 e. The van der Waals surface area contributed by atoms with Gasteiger partial charge in [0.05, 0.1) is 11.0 Å². The van der Waals surface area contributed by atoms with Gasteiger partial charge < -0.3 is 0 Å². The van der Waals surface area contributed by atoms with Crippen LogP contribution in [0.3, 0.4) is 0 Å². The van der Waals surface area contributed by atoms with E-state index >= 15 is 0 Å². The van der Waals surface area contributed by atoms with Gasteiger partial charge in [-0.05, 0) is 30.0 Å². The van der Waals surface area contributed by atoms with Gasteiger partial charge in [0.1, 0.15) is 0 Å². The van der Waals surface area contributed by atoms with Crippen LogP contribution in [0.25, 0.3) is 11.0 Å². The largest absolute Gasteiger partial charge is 0.450 e. The summed E-state index contributed by atoms with van der Waals surface area (Å²) >= 11 is -0.538. The highest BCUT2D eigenvalue weighted by Crippen LogP contribution is 2.39. The standard InChI is InChI=1S/C11H9F6N3O2S2/c1-19(2)24(21,22)20-8-4-3-6(23-11(15,16)17)5-7(8)18-9(20)10(12,13)14/h3-5H,1-2H3. The van der Waals surface area contributed by atoms with Gasteiger partial charge >= 0.3 is 21.9 Å². The Balaban J connectivity index is 2.76. The van der Waals surface area contributed by atoms with E-state index in [1.165, 1.54) is 0 Å². The number of fused-ring (bicyclic) bond motifs is 1. The van der Waals surface area contributed by atoms with E-state index in [9.17, 15) is 34.8 Å². The van der Waals surface area contributed by atoms with Crippen LogP contribution >= 0.6 is 11.8 Å². The molecule has 0 unspecified atom stereocenters. The minimum atomic E-state index is -5.11. The van der Waals surface area contributed by atoms with Crippen molar-refractivity contribution in [3.05, 3.63) is 24.0 Å². The number of aromatic nitrogens is 2. The van der Waals surface area contributed by atoms with Crippen molar-refractivity contribution in [2.75, 3.05) is 14.1 Å². The molecule has 0 aliphatic heterocycles. The van der Waals surface area contributed by atoms with E-state index in [1.54, 1.807) is 0 Å². The molecule has 0 fully saturated rings. The molecule has 1 heterocycles. The zero-order valence-electron chi connectivity index (χ0n) is 12.0. The molecule has 0 N–H and O–H groups in total. The Morgan fingerprint density at radius 3 is 2.17 bits per heavy atom. The average Bonchev–Trinajstić information content (AvgIpc) is 2.75. The monoisotopic (exact) mass is 393 g/mol. The van der Waals surface area contributed by atoms with Crippen LogP contribution in [0.4, 0.5) is 26.3 Å². The molecule has 0 atom stereocenters. The molecule has 0 aliphatic carbocycles. The summed E-state index contributed by atoms with van der Waals surface area (Å²) in [6.45, 7) is 0. The number of alkyl halides is 6. The lowest BCUT2D eigenvalue weighted by Crippen LogP contribution is -2.32. The Kier molecular flexibility index (Phi) is 4.56. The molecular weight excluding hydrogens is 384 g/mol. The maximum Gasteiger partial charge on any atom is 0.450 e. The van der Waals surface area contributed by atoms with Gasteiger partial charge in [0.2, 0.25) is 5.82 Å². The predicted octanol–water partition coefficient (Wildman–Crippen LogP) is 3.32. The molecule has 5 nitrogen and oxygen atoms in total. The number of imidazole rings is 1. The molecule has 0 spiro atoms. The van der Waals surface area contributed by atoms with E-state index in [-0.39, 0.29) is 3.97 Å². The third-order valence-corrected chi connectivity index (χ3v) is 5.24. The van der Waals surface area contributed by atoms with Crippen molar-refractivity contribution in [3.63, 3.8) is 0 Å². The van der Waals surface area contributed by atoms with Gasteiger partial charge in [-0.1, -0.05) is 0 Å². The van der Waals surface area contributed by atoms with E-state index in [1.807, 2.05) is 0 Å². The number of benzene rings is 1. The van der Waals surface area contributed by atoms with Gasteiger partial charge in [-0.25, -0.2) is 8.96 Å². The zero-order chi connectivity index (χ0) is 18.5. The maximum absolute atomic E-state index is 13.1. The van der Waals surface area contributed by atoms with Gasteiger partial charge in [-0.3, -0.25) is 0 Å². The first-order chi connectivity index (χ1) is 10.7. The summed E-state index contributed by atoms with van der Waals surface area (Å²) in [5, 5.41) is 0. The molecule has 134 valence electrons. The van der Waals surface area contributed by atoms with Crippen molar-refractivity contribution in [3.8, 4) is 0 Å². The second-order valence-corrected chi connectivity index (χ2v) is 7.82. The third kappa shape index (κ3) is 3.62. The van der Waals surface area contributed by atoms with E-state index < -0.39 is 55.4 Å². The number of thioether (sulfide) groups is 1. The summed E-state index contributed by atoms with van der Waals surface area (Å²) in [6, 6.07) is 2.49. The molecule has 0 bridgehead atoms. The lowest BCUT2D eigenvalue weighted by atomic mass is 10.3. The molecule has 0 radical (unpaired) electrons. The smallest absolute Gasteiger partial charge is 0.223 e. The van der Waals surface area contributed by atoms with Crippen molar-refractivity contribution >= 4 is 33.0 Å². The normalized spacial score (nSPS) is 13.9. The molecular formula is C11H9F6N3O2S2. The van der Waals surface area contributed by atoms with Crippen LogP contribution < -0.4 is 0 Å². The Morgan fingerprint density at radius 2 is 1.71 bits per heavy atom. The lowest BCUT2D eigenvalue weighted by Gasteiger charge is -2.16. The second kappa shape index (κ2) is 5.81. The van der Waals surface area contributed by atoms with Gasteiger partial charge in [0.25, 0.3) is 0 Å². The first-order valence-electron chi connectivity index (χ1n) is 6.02. The number of hydrogen-bond donors (Lipinski definition) is 0. The van der Waals surface area contributed by atoms with Crippen LogP contribution in [0, 0.1) is 0 Å². The number of halogens is 6. The Bertz CT molecular complexity index is 870. The fourth-order valence-corrected chi connectivity index (χ4v) is 3.48. The highest BCUT2D eigenvalue weighted by atomic mass is 32.2. The number of nitrogens with zero attached hydrogens (tertiary/aromatic N) is 3. The number of rotatable bonds is 3. The summed E-state index contributed by atoms with van der Waals surface area (Å²) < 4.78 is 101. The van der Waals surface area contributed by atoms with Gasteiger partial charge in [-0.15, -0.1) is 0 Å². The van der Waals surface area contributed by atoms with Gasteiger partial charge in [0, 0.05) is 19.0 Å². The molecule has 0 aliphatic rings. The van der Waals surface area contributed by atoms with Crippen LogP contribution in [0.5, 0.6) is 0 Å². The van der Waals surface area contributed by atoms with E-state index in [0.717, 1.165) is 32.3 Å². The van der Waals surface area contributed by atoms with E-state index in [4.69, 9.17) is 0 Å². The highest BCUT2D eigenvalue weighted by Gasteiger charge is 2.41. The van der Waals surface area contributed by atoms with E-state index in [0.29, 0.717) is 4.31 Å². The van der Waals surface area contributed by atoms with Gasteiger partial charge in [0.15, 0.2) is 0 Å². The summed E-state index contributed by atoms with van der Waals surface area (Å²) in [4.78, 5) is 2.77. The summed E-state index contributed by atoms with van der Waals surface area (Å²) in [5.74, 6) is -1.74. The minimum absolute atomic E-state index is 0.0373. The van der Waals surface area contributed by atoms with Crippen molar-refractivity contribution < 1.29 is 34.8 Å². The first-order valence-corrected chi connectivity index (χ1v) is 8.23. The van der Waals surface area contributed by atoms with Crippen LogP contribution in [-0.2, 0) is 16.4 Å².